The molecule has 0 saturated carbocycles. The number of nitroso groups, excluding NO2 is 1. The maximum Gasteiger partial charge on any atom is 0.188 e. The second-order valence-corrected chi connectivity index (χ2v) is 3.82. The Balaban J connectivity index is 2.40. The predicted molar refractivity (Wildman–Crippen MR) is 64.5 cm³/mol. The SMILES string of the molecule is CCCCCC/C=C/c1onc(C)c1N=O. The fourth-order valence-electron chi connectivity index (χ4n) is 1.48. The summed E-state index contributed by atoms with van der Waals surface area (Å²) >= 11 is 0. The lowest BCUT2D eigenvalue weighted by molar-refractivity contribution is 0.408. The van der Waals surface area contributed by atoms with E-state index in [1.165, 1.54) is 25.7 Å². The van der Waals surface area contributed by atoms with Crippen LogP contribution < -0.4 is 0 Å². The fourth-order valence-corrected chi connectivity index (χ4v) is 1.48. The average molecular weight is 222 g/mol. The standard InChI is InChI=1S/C12H18N2O2/c1-3-4-5-6-7-8-9-11-12(13-15)10(2)14-16-11/h8-9H,3-7H2,1-2H3/b9-8+. The molecule has 0 atom stereocenters. The highest BCUT2D eigenvalue weighted by atomic mass is 16.5. The summed E-state index contributed by atoms with van der Waals surface area (Å²) in [5.41, 5.74) is 0.852. The van der Waals surface area contributed by atoms with Crippen molar-refractivity contribution in [2.45, 2.75) is 46.0 Å². The molecule has 1 aromatic rings. The molecule has 88 valence electrons. The van der Waals surface area contributed by atoms with Gasteiger partial charge in [0.05, 0.1) is 0 Å². The van der Waals surface area contributed by atoms with Crippen LogP contribution in [0.2, 0.25) is 0 Å². The van der Waals surface area contributed by atoms with Crippen molar-refractivity contribution in [3.8, 4) is 0 Å². The molecule has 0 amide bonds. The van der Waals surface area contributed by atoms with Crippen LogP contribution in [-0.4, -0.2) is 5.16 Å². The van der Waals surface area contributed by atoms with E-state index in [1.54, 1.807) is 13.0 Å². The van der Waals surface area contributed by atoms with Crippen LogP contribution in [0.3, 0.4) is 0 Å². The highest BCUT2D eigenvalue weighted by molar-refractivity contribution is 5.60. The quantitative estimate of drug-likeness (QED) is 0.508. The summed E-state index contributed by atoms with van der Waals surface area (Å²) < 4.78 is 4.98. The van der Waals surface area contributed by atoms with E-state index >= 15 is 0 Å². The van der Waals surface area contributed by atoms with Gasteiger partial charge in [-0.2, -0.15) is 0 Å². The van der Waals surface area contributed by atoms with E-state index in [1.807, 2.05) is 6.08 Å². The molecule has 0 N–H and O–H groups in total. The van der Waals surface area contributed by atoms with Crippen LogP contribution in [0, 0.1) is 11.8 Å². The van der Waals surface area contributed by atoms with Gasteiger partial charge in [0, 0.05) is 0 Å². The molecule has 1 heterocycles. The van der Waals surface area contributed by atoms with Crippen LogP contribution in [0.15, 0.2) is 15.8 Å². The lowest BCUT2D eigenvalue weighted by Gasteiger charge is -1.93. The minimum atomic E-state index is 0.310. The summed E-state index contributed by atoms with van der Waals surface area (Å²) in [7, 11) is 0. The van der Waals surface area contributed by atoms with Gasteiger partial charge in [0.25, 0.3) is 0 Å². The van der Waals surface area contributed by atoms with Crippen LogP contribution in [0.5, 0.6) is 0 Å². The molecular formula is C12H18N2O2. The number of rotatable bonds is 7. The van der Waals surface area contributed by atoms with Crippen molar-refractivity contribution >= 4 is 11.8 Å². The van der Waals surface area contributed by atoms with E-state index in [-0.39, 0.29) is 0 Å². The largest absolute Gasteiger partial charge is 0.354 e. The van der Waals surface area contributed by atoms with Crippen molar-refractivity contribution in [2.24, 2.45) is 5.18 Å². The molecule has 0 aliphatic carbocycles. The third-order valence-corrected chi connectivity index (χ3v) is 2.44. The van der Waals surface area contributed by atoms with E-state index in [4.69, 9.17) is 4.52 Å². The Kier molecular flexibility index (Phi) is 5.46. The number of hydrogen-bond acceptors (Lipinski definition) is 4. The Bertz CT molecular complexity index is 356. The van der Waals surface area contributed by atoms with Crippen LogP contribution in [0.4, 0.5) is 5.69 Å². The van der Waals surface area contributed by atoms with Gasteiger partial charge in [-0.15, -0.1) is 4.91 Å². The Labute approximate surface area is 95.7 Å². The molecule has 0 saturated heterocycles. The first kappa shape index (κ1) is 12.6. The molecule has 0 bridgehead atoms. The minimum absolute atomic E-state index is 0.310. The second-order valence-electron chi connectivity index (χ2n) is 3.82. The highest BCUT2D eigenvalue weighted by Gasteiger charge is 2.09. The topological polar surface area (TPSA) is 55.5 Å². The summed E-state index contributed by atoms with van der Waals surface area (Å²) in [4.78, 5) is 10.5. The molecule has 0 unspecified atom stereocenters. The summed E-state index contributed by atoms with van der Waals surface area (Å²) in [6.07, 6.45) is 9.71. The molecular weight excluding hydrogens is 204 g/mol. The van der Waals surface area contributed by atoms with Gasteiger partial charge in [0.15, 0.2) is 11.4 Å². The highest BCUT2D eigenvalue weighted by Crippen LogP contribution is 2.24. The van der Waals surface area contributed by atoms with Crippen molar-refractivity contribution in [3.05, 3.63) is 22.4 Å². The van der Waals surface area contributed by atoms with Crippen LogP contribution in [0.1, 0.15) is 50.5 Å². The van der Waals surface area contributed by atoms with Crippen molar-refractivity contribution in [2.75, 3.05) is 0 Å². The molecule has 4 nitrogen and oxygen atoms in total. The number of nitrogens with zero attached hydrogens (tertiary/aromatic N) is 2. The molecule has 0 aliphatic rings. The average Bonchev–Trinajstić information content (AvgIpc) is 2.64. The van der Waals surface area contributed by atoms with Crippen LogP contribution in [-0.2, 0) is 0 Å². The first-order valence-electron chi connectivity index (χ1n) is 5.75. The second kappa shape index (κ2) is 6.93. The first-order chi connectivity index (χ1) is 7.79. The van der Waals surface area contributed by atoms with Gasteiger partial charge in [0.1, 0.15) is 5.69 Å². The lowest BCUT2D eigenvalue weighted by atomic mass is 10.1. The third-order valence-electron chi connectivity index (χ3n) is 2.44. The molecule has 16 heavy (non-hydrogen) atoms. The number of aromatic nitrogens is 1. The van der Waals surface area contributed by atoms with E-state index in [0.29, 0.717) is 17.1 Å². The minimum Gasteiger partial charge on any atom is -0.354 e. The van der Waals surface area contributed by atoms with E-state index < -0.39 is 0 Å². The summed E-state index contributed by atoms with van der Waals surface area (Å²) in [6, 6.07) is 0. The van der Waals surface area contributed by atoms with E-state index in [9.17, 15) is 4.91 Å². The molecule has 0 spiro atoms. The molecule has 0 radical (unpaired) electrons. The van der Waals surface area contributed by atoms with Gasteiger partial charge in [0.2, 0.25) is 0 Å². The Morgan fingerprint density at radius 1 is 1.38 bits per heavy atom. The van der Waals surface area contributed by atoms with Crippen molar-refractivity contribution in [3.63, 3.8) is 0 Å². The lowest BCUT2D eigenvalue weighted by Crippen LogP contribution is -1.74. The first-order valence-corrected chi connectivity index (χ1v) is 5.75. The molecule has 0 fully saturated rings. The van der Waals surface area contributed by atoms with Gasteiger partial charge >= 0.3 is 0 Å². The smallest absolute Gasteiger partial charge is 0.188 e. The Morgan fingerprint density at radius 2 is 2.19 bits per heavy atom. The number of allylic oxidation sites excluding steroid dienone is 1. The summed E-state index contributed by atoms with van der Waals surface area (Å²) in [5.74, 6) is 0.461. The predicted octanol–water partition coefficient (Wildman–Crippen LogP) is 4.36. The van der Waals surface area contributed by atoms with Crippen molar-refractivity contribution < 1.29 is 4.52 Å². The van der Waals surface area contributed by atoms with Gasteiger partial charge < -0.3 is 4.52 Å². The molecule has 4 heteroatoms. The van der Waals surface area contributed by atoms with Crippen LogP contribution >= 0.6 is 0 Å². The van der Waals surface area contributed by atoms with Gasteiger partial charge in [-0.3, -0.25) is 0 Å². The van der Waals surface area contributed by atoms with Crippen molar-refractivity contribution in [1.82, 2.24) is 5.16 Å². The Hall–Kier alpha value is -1.45. The normalized spacial score (nSPS) is 11.1. The van der Waals surface area contributed by atoms with Gasteiger partial charge in [-0.25, -0.2) is 0 Å². The zero-order chi connectivity index (χ0) is 11.8. The maximum absolute atomic E-state index is 10.5. The maximum atomic E-state index is 10.5. The third kappa shape index (κ3) is 3.61. The van der Waals surface area contributed by atoms with Gasteiger partial charge in [-0.05, 0) is 31.0 Å². The van der Waals surface area contributed by atoms with E-state index in [0.717, 1.165) is 6.42 Å². The Morgan fingerprint density at radius 3 is 2.88 bits per heavy atom. The molecule has 1 rings (SSSR count). The van der Waals surface area contributed by atoms with E-state index in [2.05, 4.69) is 17.3 Å². The summed E-state index contributed by atoms with van der Waals surface area (Å²) in [5, 5.41) is 6.60. The molecule has 1 aromatic heterocycles. The zero-order valence-electron chi connectivity index (χ0n) is 9.90. The molecule has 0 aromatic carbocycles. The fraction of sp³-hybridized carbons (Fsp3) is 0.583. The number of hydrogen-bond donors (Lipinski definition) is 0. The van der Waals surface area contributed by atoms with Gasteiger partial charge in [-0.1, -0.05) is 37.4 Å². The molecule has 0 aliphatic heterocycles. The number of aryl methyl sites for hydroxylation is 1. The van der Waals surface area contributed by atoms with Crippen molar-refractivity contribution in [1.29, 1.82) is 0 Å². The number of unbranched alkanes of at least 4 members (excludes halogenated alkanes) is 4. The monoisotopic (exact) mass is 222 g/mol. The zero-order valence-corrected chi connectivity index (χ0v) is 9.90. The summed E-state index contributed by atoms with van der Waals surface area (Å²) in [6.45, 7) is 3.90. The van der Waals surface area contributed by atoms with Crippen LogP contribution in [0.25, 0.3) is 6.08 Å².